The summed E-state index contributed by atoms with van der Waals surface area (Å²) in [7, 11) is -4.53. The second kappa shape index (κ2) is 8.09. The lowest BCUT2D eigenvalue weighted by Gasteiger charge is -2.13. The molecule has 1 aromatic carbocycles. The minimum Gasteiger partial charge on any atom is -0.353 e. The van der Waals surface area contributed by atoms with E-state index in [-0.39, 0.29) is 10.9 Å². The second-order valence-electron chi connectivity index (χ2n) is 5.84. The van der Waals surface area contributed by atoms with E-state index in [0.717, 1.165) is 4.31 Å². The van der Waals surface area contributed by atoms with E-state index in [1.165, 1.54) is 38.4 Å². The maximum absolute atomic E-state index is 12.2. The fourth-order valence-electron chi connectivity index (χ4n) is 1.93. The van der Waals surface area contributed by atoms with Gasteiger partial charge < -0.3 is 5.32 Å². The monoisotopic (exact) mass is 376 g/mol. The van der Waals surface area contributed by atoms with Crippen LogP contribution in [0.5, 0.6) is 0 Å². The standard InChI is InChI=1S/C15H24N2O5S2/c1-5-12(2)16-15(18)11-23(19,20)10-13-7-6-8-14(9-13)24(21,22)17(3)4/h6-9,12H,5,10-11H2,1-4H3,(H,16,18)/t12-/m1/s1. The molecule has 136 valence electrons. The van der Waals surface area contributed by atoms with E-state index < -0.39 is 37.3 Å². The lowest BCUT2D eigenvalue weighted by atomic mass is 10.2. The number of sulfone groups is 1. The van der Waals surface area contributed by atoms with Gasteiger partial charge in [-0.1, -0.05) is 19.1 Å². The minimum absolute atomic E-state index is 0.0178. The first-order valence-corrected chi connectivity index (χ1v) is 10.8. The fraction of sp³-hybridized carbons (Fsp3) is 0.533. The van der Waals surface area contributed by atoms with Crippen LogP contribution < -0.4 is 5.32 Å². The number of rotatable bonds is 8. The van der Waals surface area contributed by atoms with Gasteiger partial charge in [-0.3, -0.25) is 4.79 Å². The van der Waals surface area contributed by atoms with Gasteiger partial charge in [0.2, 0.25) is 15.9 Å². The van der Waals surface area contributed by atoms with Crippen molar-refractivity contribution in [1.82, 2.24) is 9.62 Å². The number of hydrogen-bond acceptors (Lipinski definition) is 5. The number of nitrogens with zero attached hydrogens (tertiary/aromatic N) is 1. The molecule has 0 bridgehead atoms. The van der Waals surface area contributed by atoms with E-state index >= 15 is 0 Å². The summed E-state index contributed by atoms with van der Waals surface area (Å²) in [6.45, 7) is 3.68. The Bertz CT molecular complexity index is 786. The Morgan fingerprint density at radius 3 is 2.38 bits per heavy atom. The van der Waals surface area contributed by atoms with Crippen molar-refractivity contribution in [1.29, 1.82) is 0 Å². The highest BCUT2D eigenvalue weighted by molar-refractivity contribution is 7.91. The molecule has 0 saturated heterocycles. The van der Waals surface area contributed by atoms with E-state index in [0.29, 0.717) is 12.0 Å². The van der Waals surface area contributed by atoms with Crippen LogP contribution in [0, 0.1) is 0 Å². The molecule has 9 heteroatoms. The summed E-state index contributed by atoms with van der Waals surface area (Å²) in [6, 6.07) is 5.64. The zero-order valence-corrected chi connectivity index (χ0v) is 15.9. The van der Waals surface area contributed by atoms with Crippen molar-refractivity contribution in [2.24, 2.45) is 0 Å². The van der Waals surface area contributed by atoms with Crippen LogP contribution in [0.1, 0.15) is 25.8 Å². The molecule has 0 unspecified atom stereocenters. The Kier molecular flexibility index (Phi) is 6.94. The van der Waals surface area contributed by atoms with Crippen molar-refractivity contribution in [2.75, 3.05) is 19.8 Å². The zero-order chi connectivity index (χ0) is 18.5. The van der Waals surface area contributed by atoms with Crippen LogP contribution >= 0.6 is 0 Å². The van der Waals surface area contributed by atoms with Gasteiger partial charge in [-0.2, -0.15) is 0 Å². The predicted octanol–water partition coefficient (Wildman–Crippen LogP) is 0.766. The summed E-state index contributed by atoms with van der Waals surface area (Å²) >= 11 is 0. The van der Waals surface area contributed by atoms with Crippen LogP contribution in [-0.2, 0) is 30.4 Å². The molecule has 0 aliphatic heterocycles. The maximum atomic E-state index is 12.2. The van der Waals surface area contributed by atoms with Gasteiger partial charge in [-0.15, -0.1) is 0 Å². The number of nitrogens with one attached hydrogen (secondary N) is 1. The lowest BCUT2D eigenvalue weighted by Crippen LogP contribution is -2.36. The first-order valence-electron chi connectivity index (χ1n) is 7.49. The summed E-state index contributed by atoms with van der Waals surface area (Å²) < 4.78 is 49.6. The third kappa shape index (κ3) is 5.88. The maximum Gasteiger partial charge on any atom is 0.242 e. The Hall–Kier alpha value is -1.45. The Morgan fingerprint density at radius 1 is 1.21 bits per heavy atom. The van der Waals surface area contributed by atoms with Crippen molar-refractivity contribution >= 4 is 25.8 Å². The predicted molar refractivity (Wildman–Crippen MR) is 92.7 cm³/mol. The SMILES string of the molecule is CC[C@@H](C)NC(=O)CS(=O)(=O)Cc1cccc(S(=O)(=O)N(C)C)c1. The topological polar surface area (TPSA) is 101 Å². The molecule has 0 fully saturated rings. The summed E-state index contributed by atoms with van der Waals surface area (Å²) in [4.78, 5) is 11.8. The molecule has 1 aromatic rings. The molecular formula is C15H24N2O5S2. The van der Waals surface area contributed by atoms with Crippen LogP contribution in [0.4, 0.5) is 0 Å². The molecule has 1 N–H and O–H groups in total. The molecule has 0 aromatic heterocycles. The molecule has 0 aliphatic carbocycles. The second-order valence-corrected chi connectivity index (χ2v) is 10.1. The van der Waals surface area contributed by atoms with Gasteiger partial charge >= 0.3 is 0 Å². The number of amides is 1. The molecule has 0 aliphatic rings. The van der Waals surface area contributed by atoms with Gasteiger partial charge in [0.1, 0.15) is 5.75 Å². The summed E-state index contributed by atoms with van der Waals surface area (Å²) in [6.07, 6.45) is 0.705. The number of benzene rings is 1. The number of carbonyl (C=O) groups is 1. The number of sulfonamides is 1. The van der Waals surface area contributed by atoms with Crippen molar-refractivity contribution < 1.29 is 21.6 Å². The molecule has 1 atom stereocenters. The first kappa shape index (κ1) is 20.6. The molecule has 0 radical (unpaired) electrons. The quantitative estimate of drug-likeness (QED) is 0.722. The Morgan fingerprint density at radius 2 is 1.83 bits per heavy atom. The van der Waals surface area contributed by atoms with Crippen molar-refractivity contribution in [3.63, 3.8) is 0 Å². The van der Waals surface area contributed by atoms with Crippen LogP contribution in [-0.4, -0.2) is 52.9 Å². The normalized spacial score (nSPS) is 13.7. The smallest absolute Gasteiger partial charge is 0.242 e. The van der Waals surface area contributed by atoms with E-state index in [2.05, 4.69) is 5.32 Å². The molecule has 1 rings (SSSR count). The van der Waals surface area contributed by atoms with Gasteiger partial charge in [0.25, 0.3) is 0 Å². The van der Waals surface area contributed by atoms with Gasteiger partial charge in [-0.25, -0.2) is 21.1 Å². The molecule has 0 heterocycles. The zero-order valence-electron chi connectivity index (χ0n) is 14.3. The average Bonchev–Trinajstić information content (AvgIpc) is 2.45. The number of hydrogen-bond donors (Lipinski definition) is 1. The van der Waals surface area contributed by atoms with Crippen molar-refractivity contribution in [3.05, 3.63) is 29.8 Å². The van der Waals surface area contributed by atoms with Gasteiger partial charge in [0.05, 0.1) is 10.6 Å². The third-order valence-corrected chi connectivity index (χ3v) is 6.72. The van der Waals surface area contributed by atoms with E-state index in [9.17, 15) is 21.6 Å². The Labute approximate surface area is 144 Å². The van der Waals surface area contributed by atoms with Crippen LogP contribution in [0.3, 0.4) is 0 Å². The lowest BCUT2D eigenvalue weighted by molar-refractivity contribution is -0.119. The van der Waals surface area contributed by atoms with Crippen LogP contribution in [0.15, 0.2) is 29.2 Å². The van der Waals surface area contributed by atoms with Crippen LogP contribution in [0.25, 0.3) is 0 Å². The summed E-state index contributed by atoms with van der Waals surface area (Å²) in [5, 5.41) is 2.60. The molecule has 0 saturated carbocycles. The van der Waals surface area contributed by atoms with Crippen molar-refractivity contribution in [2.45, 2.75) is 37.0 Å². The van der Waals surface area contributed by atoms with Gasteiger partial charge in [-0.05, 0) is 31.0 Å². The molecule has 0 spiro atoms. The first-order chi connectivity index (χ1) is 11.0. The minimum atomic E-state index is -3.69. The molecule has 1 amide bonds. The van der Waals surface area contributed by atoms with E-state index in [1.807, 2.05) is 6.92 Å². The summed E-state index contributed by atoms with van der Waals surface area (Å²) in [5.41, 5.74) is 0.328. The largest absolute Gasteiger partial charge is 0.353 e. The Balaban J connectivity index is 2.91. The average molecular weight is 377 g/mol. The number of carbonyl (C=O) groups excluding carboxylic acids is 1. The van der Waals surface area contributed by atoms with Gasteiger partial charge in [0, 0.05) is 20.1 Å². The molecule has 24 heavy (non-hydrogen) atoms. The third-order valence-electron chi connectivity index (χ3n) is 3.43. The highest BCUT2D eigenvalue weighted by Gasteiger charge is 2.21. The van der Waals surface area contributed by atoms with E-state index in [1.54, 1.807) is 6.92 Å². The fourth-order valence-corrected chi connectivity index (χ4v) is 4.17. The van der Waals surface area contributed by atoms with Gasteiger partial charge in [0.15, 0.2) is 9.84 Å². The van der Waals surface area contributed by atoms with Crippen molar-refractivity contribution in [3.8, 4) is 0 Å². The highest BCUT2D eigenvalue weighted by Crippen LogP contribution is 2.16. The van der Waals surface area contributed by atoms with Crippen LogP contribution in [0.2, 0.25) is 0 Å². The molecule has 7 nitrogen and oxygen atoms in total. The molecular weight excluding hydrogens is 352 g/mol. The highest BCUT2D eigenvalue weighted by atomic mass is 32.2. The summed E-state index contributed by atoms with van der Waals surface area (Å²) in [5.74, 6) is -1.57. The van der Waals surface area contributed by atoms with E-state index in [4.69, 9.17) is 0 Å².